The Bertz CT molecular complexity index is 2020. The van der Waals surface area contributed by atoms with Crippen molar-refractivity contribution < 1.29 is 48.1 Å². The molecule has 0 spiro atoms. The summed E-state index contributed by atoms with van der Waals surface area (Å²) in [5.41, 5.74) is 7.54. The average molecular weight is 961 g/mol. The summed E-state index contributed by atoms with van der Waals surface area (Å²) >= 11 is 0. The summed E-state index contributed by atoms with van der Waals surface area (Å²) in [4.78, 5) is 86.1. The first-order valence-electron chi connectivity index (χ1n) is 25.3. The average Bonchev–Trinajstić information content (AvgIpc) is 4.10. The lowest BCUT2D eigenvalue weighted by molar-refractivity contribution is -0.148. The number of aliphatic carboxylic acids is 1. The molecule has 2 saturated heterocycles. The van der Waals surface area contributed by atoms with Gasteiger partial charge in [0.05, 0.1) is 49.3 Å². The van der Waals surface area contributed by atoms with Crippen LogP contribution in [0.15, 0.2) is 48.5 Å². The Morgan fingerprint density at radius 1 is 0.942 bits per heavy atom. The van der Waals surface area contributed by atoms with Gasteiger partial charge in [-0.1, -0.05) is 84.2 Å². The van der Waals surface area contributed by atoms with Crippen molar-refractivity contribution in [3.05, 3.63) is 59.7 Å². The van der Waals surface area contributed by atoms with Gasteiger partial charge >= 0.3 is 5.97 Å². The van der Waals surface area contributed by atoms with E-state index in [1.54, 1.807) is 49.1 Å². The number of carboxylic acid groups (broad SMARTS) is 1. The third-order valence-corrected chi connectivity index (χ3v) is 15.1. The molecule has 0 radical (unpaired) electrons. The van der Waals surface area contributed by atoms with Crippen molar-refractivity contribution in [2.75, 3.05) is 46.7 Å². The molecule has 1 saturated carbocycles. The van der Waals surface area contributed by atoms with E-state index in [0.717, 1.165) is 63.3 Å². The highest BCUT2D eigenvalue weighted by molar-refractivity contribution is 5.91. The van der Waals surface area contributed by atoms with Gasteiger partial charge in [-0.3, -0.25) is 28.9 Å². The van der Waals surface area contributed by atoms with E-state index >= 15 is 0 Å². The maximum atomic E-state index is 14.7. The molecule has 1 aliphatic carbocycles. The number of ether oxygens (including phenoxy) is 3. The van der Waals surface area contributed by atoms with Gasteiger partial charge in [-0.15, -0.1) is 0 Å². The normalized spacial score (nSPS) is 22.0. The van der Waals surface area contributed by atoms with Crippen molar-refractivity contribution >= 4 is 41.6 Å². The van der Waals surface area contributed by atoms with E-state index in [9.17, 15) is 33.9 Å². The Labute approximate surface area is 409 Å². The zero-order chi connectivity index (χ0) is 50.4. The van der Waals surface area contributed by atoms with Crippen LogP contribution < -0.4 is 21.1 Å². The zero-order valence-corrected chi connectivity index (χ0v) is 42.3. The fourth-order valence-electron chi connectivity index (χ4n) is 11.1. The van der Waals surface area contributed by atoms with Gasteiger partial charge in [0, 0.05) is 57.6 Å². The molecule has 2 bridgehead atoms. The van der Waals surface area contributed by atoms with Crippen molar-refractivity contribution in [2.24, 2.45) is 23.7 Å². The van der Waals surface area contributed by atoms with E-state index < -0.39 is 54.2 Å². The van der Waals surface area contributed by atoms with Gasteiger partial charge in [0.25, 0.3) is 0 Å². The Kier molecular flexibility index (Phi) is 20.9. The van der Waals surface area contributed by atoms with Crippen LogP contribution in [0.5, 0.6) is 5.75 Å². The van der Waals surface area contributed by atoms with Crippen molar-refractivity contribution in [1.29, 1.82) is 0 Å². The minimum atomic E-state index is -1.14. The number of nitrogens with zero attached hydrogens (tertiary/aromatic N) is 3. The van der Waals surface area contributed by atoms with Gasteiger partial charge in [-0.05, 0) is 86.9 Å². The van der Waals surface area contributed by atoms with Gasteiger partial charge < -0.3 is 45.5 Å². The maximum Gasteiger partial charge on any atom is 0.326 e. The lowest BCUT2D eigenvalue weighted by Crippen LogP contribution is -2.60. The Hall–Kier alpha value is -5.06. The number of aldehydes is 1. The number of hydrogen-bond donors (Lipinski definition) is 4. The van der Waals surface area contributed by atoms with E-state index in [2.05, 4.69) is 15.5 Å². The topological polar surface area (TPSA) is 210 Å². The number of piperidine rings is 1. The number of rotatable bonds is 28. The molecule has 2 aliphatic heterocycles. The van der Waals surface area contributed by atoms with E-state index in [-0.39, 0.29) is 54.4 Å². The number of carbonyl (C=O) groups excluding carboxylic acids is 5. The van der Waals surface area contributed by atoms with Crippen LogP contribution in [0.4, 0.5) is 5.69 Å². The summed E-state index contributed by atoms with van der Waals surface area (Å²) in [5, 5.41) is 15.9. The number of benzene rings is 2. The first-order chi connectivity index (χ1) is 33.0. The second kappa shape index (κ2) is 26.2. The number of nitrogen functional groups attached to an aromatic ring is 1. The summed E-state index contributed by atoms with van der Waals surface area (Å²) in [6, 6.07) is 11.4. The SMILES string of the molecule is CC[C@H](C)[C@@H]([C@@H](CC(=O)N1CCC[C@H]1[C@H](OC)[C@@H](C)C(=O)N[C@@H](Cc1ccccc1)C(=O)O)OC)N(C)C(=O)[C@@H](NC(=O)[C@@H]1C2CC[C@@H](C2)N1CCCCCCOc1ccc(C=O)c(N)c1)C(C)C. The standard InChI is InChI=1S/C53H80N6O10/c1-9-34(4)47(44(67-7)31-45(61)59-26-17-20-43(59)49(68-8)35(5)50(62)55-42(53(65)66)28-36-18-13-12-14-19-36)57(6)52(64)46(33(2)3)56-51(63)48-37-21-23-39(29-37)58(48)25-15-10-11-16-27-69-40-24-22-38(32-60)41(54)30-40/h12-14,18-19,22,24,30,32-35,37,39,42-44,46-49H,9-11,15-17,20-21,23,25-29,31,54H2,1-8H3,(H,55,62)(H,56,63)(H,65,66)/t34-,35+,37?,39-,42-,43-,44+,46-,47-,48-,49+/m0/s1. The van der Waals surface area contributed by atoms with Gasteiger partial charge in [0.1, 0.15) is 17.8 Å². The Morgan fingerprint density at radius 3 is 2.30 bits per heavy atom. The molecule has 2 aromatic rings. The maximum absolute atomic E-state index is 14.7. The molecule has 5 N–H and O–H groups in total. The fraction of sp³-hybridized carbons (Fsp3) is 0.660. The molecule has 3 fully saturated rings. The van der Waals surface area contributed by atoms with Crippen LogP contribution in [-0.4, -0.2) is 145 Å². The number of methoxy groups -OCH3 is 2. The van der Waals surface area contributed by atoms with Crippen LogP contribution in [-0.2, 0) is 39.9 Å². The Balaban J connectivity index is 1.19. The van der Waals surface area contributed by atoms with Crippen molar-refractivity contribution in [2.45, 2.75) is 160 Å². The van der Waals surface area contributed by atoms with Gasteiger partial charge in [0.2, 0.25) is 23.6 Å². The molecule has 2 heterocycles. The number of unbranched alkanes of at least 4 members (excludes halogenated alkanes) is 3. The summed E-state index contributed by atoms with van der Waals surface area (Å²) in [6.45, 7) is 11.5. The van der Waals surface area contributed by atoms with Gasteiger partial charge in [-0.25, -0.2) is 4.79 Å². The predicted molar refractivity (Wildman–Crippen MR) is 264 cm³/mol. The lowest BCUT2D eigenvalue weighted by Gasteiger charge is -2.41. The number of fused-ring (bicyclic) bond motifs is 2. The molecule has 5 rings (SSSR count). The molecule has 1 unspecified atom stereocenters. The van der Waals surface area contributed by atoms with Crippen LogP contribution in [0, 0.1) is 23.7 Å². The first-order valence-corrected chi connectivity index (χ1v) is 25.3. The Morgan fingerprint density at radius 2 is 1.67 bits per heavy atom. The number of amides is 4. The monoisotopic (exact) mass is 961 g/mol. The fourth-order valence-corrected chi connectivity index (χ4v) is 11.1. The smallest absolute Gasteiger partial charge is 0.326 e. The van der Waals surface area contributed by atoms with Crippen molar-refractivity contribution in [3.8, 4) is 5.75 Å². The molecule has 2 aromatic carbocycles. The number of likely N-dealkylation sites (tertiary alicyclic amines) is 2. The second-order valence-corrected chi connectivity index (χ2v) is 20.0. The second-order valence-electron chi connectivity index (χ2n) is 20.0. The lowest BCUT2D eigenvalue weighted by atomic mass is 9.89. The van der Waals surface area contributed by atoms with E-state index in [4.69, 9.17) is 19.9 Å². The van der Waals surface area contributed by atoms with Crippen LogP contribution >= 0.6 is 0 Å². The molecule has 382 valence electrons. The molecule has 69 heavy (non-hydrogen) atoms. The molecule has 11 atom stereocenters. The van der Waals surface area contributed by atoms with Crippen LogP contribution in [0.1, 0.15) is 121 Å². The van der Waals surface area contributed by atoms with Crippen molar-refractivity contribution in [3.63, 3.8) is 0 Å². The number of nitrogens with one attached hydrogen (secondary N) is 2. The minimum absolute atomic E-state index is 0.0218. The van der Waals surface area contributed by atoms with E-state index in [0.29, 0.717) is 55.5 Å². The highest BCUT2D eigenvalue weighted by Crippen LogP contribution is 2.43. The highest BCUT2D eigenvalue weighted by atomic mass is 16.5. The number of nitrogens with two attached hydrogens (primary N) is 1. The summed E-state index contributed by atoms with van der Waals surface area (Å²) in [6.07, 6.45) is 8.26. The van der Waals surface area contributed by atoms with Crippen LogP contribution in [0.25, 0.3) is 0 Å². The van der Waals surface area contributed by atoms with Crippen molar-refractivity contribution in [1.82, 2.24) is 25.3 Å². The van der Waals surface area contributed by atoms with Gasteiger partial charge in [-0.2, -0.15) is 0 Å². The van der Waals surface area contributed by atoms with Crippen LogP contribution in [0.2, 0.25) is 0 Å². The summed E-state index contributed by atoms with van der Waals surface area (Å²) in [7, 11) is 4.80. The number of likely N-dealkylation sites (N-methyl/N-ethyl adjacent to an activating group) is 1. The largest absolute Gasteiger partial charge is 0.494 e. The molecule has 3 aliphatic rings. The van der Waals surface area contributed by atoms with E-state index in [1.165, 1.54) is 7.11 Å². The predicted octanol–water partition coefficient (Wildman–Crippen LogP) is 5.75. The number of hydrogen-bond acceptors (Lipinski definition) is 11. The number of carboxylic acids is 1. The van der Waals surface area contributed by atoms with Gasteiger partial charge in [0.15, 0.2) is 6.29 Å². The summed E-state index contributed by atoms with van der Waals surface area (Å²) in [5.74, 6) is -2.31. The zero-order valence-electron chi connectivity index (χ0n) is 42.3. The number of carbonyl (C=O) groups is 6. The van der Waals surface area contributed by atoms with E-state index in [1.807, 2.05) is 58.0 Å². The molecular formula is C53H80N6O10. The molecule has 0 aromatic heterocycles. The number of anilines is 1. The highest BCUT2D eigenvalue weighted by Gasteiger charge is 2.50. The first kappa shape index (κ1) is 54.9. The third-order valence-electron chi connectivity index (χ3n) is 15.1. The quantitative estimate of drug-likeness (QED) is 0.0457. The molecule has 4 amide bonds. The molecule has 16 heteroatoms. The van der Waals surface area contributed by atoms with Crippen LogP contribution in [0.3, 0.4) is 0 Å². The minimum Gasteiger partial charge on any atom is -0.494 e. The molecular weight excluding hydrogens is 881 g/mol. The molecule has 16 nitrogen and oxygen atoms in total. The third kappa shape index (κ3) is 14.1. The summed E-state index contributed by atoms with van der Waals surface area (Å²) < 4.78 is 17.9.